The maximum absolute atomic E-state index is 13.5. The zero-order chi connectivity index (χ0) is 18.3. The van der Waals surface area contributed by atoms with E-state index in [1.807, 2.05) is 26.8 Å². The molecule has 0 saturated carbocycles. The Balaban J connectivity index is 0.000000891. The second kappa shape index (κ2) is 9.52. The Morgan fingerprint density at radius 1 is 1.04 bits per heavy atom. The number of nitrogens with zero attached hydrogens (tertiary/aromatic N) is 1. The van der Waals surface area contributed by atoms with Gasteiger partial charge in [0.1, 0.15) is 11.4 Å². The first-order valence-corrected chi connectivity index (χ1v) is 11.3. The first-order valence-electron chi connectivity index (χ1n) is 6.99. The zero-order valence-electron chi connectivity index (χ0n) is 13.4. The minimum atomic E-state index is -0.738. The number of phenolic OH excluding ortho intramolecular Hbond substituents is 1. The summed E-state index contributed by atoms with van der Waals surface area (Å²) in [7, 11) is 9.78. The van der Waals surface area contributed by atoms with Gasteiger partial charge in [-0.1, -0.05) is 39.0 Å². The molecule has 0 amide bonds. The molecule has 24 heavy (non-hydrogen) atoms. The number of para-hydroxylation sites is 2. The molecule has 7 heteroatoms. The molecule has 128 valence electrons. The van der Waals surface area contributed by atoms with Gasteiger partial charge in [0.15, 0.2) is 11.6 Å². The number of benzene rings is 2. The van der Waals surface area contributed by atoms with Crippen LogP contribution in [0.1, 0.15) is 31.9 Å². The first-order chi connectivity index (χ1) is 11.2. The van der Waals surface area contributed by atoms with Crippen LogP contribution in [-0.4, -0.2) is 11.3 Å². The SMILES string of the molecule is CC(C)(C)c1cccc(C=Nc2c(F)cccc2F)c1O.[Cl][Ti][Cl]. The van der Waals surface area contributed by atoms with Crippen molar-refractivity contribution in [3.63, 3.8) is 0 Å². The number of aromatic hydroxyl groups is 1. The Bertz CT molecular complexity index is 698. The summed E-state index contributed by atoms with van der Waals surface area (Å²) in [6.07, 6.45) is 1.27. The third-order valence-electron chi connectivity index (χ3n) is 3.15. The van der Waals surface area contributed by atoms with Crippen LogP contribution in [0.15, 0.2) is 41.4 Å². The van der Waals surface area contributed by atoms with Crippen molar-refractivity contribution in [1.29, 1.82) is 0 Å². The summed E-state index contributed by atoms with van der Waals surface area (Å²) in [5.41, 5.74) is 0.570. The van der Waals surface area contributed by atoms with Crippen molar-refractivity contribution in [2.45, 2.75) is 26.2 Å². The maximum atomic E-state index is 13.5. The monoisotopic (exact) mass is 407 g/mol. The molecule has 0 unspecified atom stereocenters. The van der Waals surface area contributed by atoms with Crippen LogP contribution in [-0.2, 0) is 22.4 Å². The predicted molar refractivity (Wildman–Crippen MR) is 92.1 cm³/mol. The van der Waals surface area contributed by atoms with Crippen molar-refractivity contribution in [3.05, 3.63) is 59.2 Å². The van der Waals surface area contributed by atoms with E-state index in [2.05, 4.69) is 4.99 Å². The fraction of sp³-hybridized carbons (Fsp3) is 0.235. The number of hydrogen-bond acceptors (Lipinski definition) is 2. The minimum absolute atomic E-state index is 0.0745. The van der Waals surface area contributed by atoms with Crippen LogP contribution in [0.2, 0.25) is 0 Å². The van der Waals surface area contributed by atoms with Gasteiger partial charge in [-0.3, -0.25) is 0 Å². The van der Waals surface area contributed by atoms with E-state index < -0.39 is 28.7 Å². The molecule has 1 N–H and O–H groups in total. The molecule has 2 aromatic rings. The Hall–Kier alpha value is -0.936. The molecule has 2 aromatic carbocycles. The topological polar surface area (TPSA) is 32.6 Å². The van der Waals surface area contributed by atoms with E-state index in [4.69, 9.17) is 18.6 Å². The molecule has 0 aliphatic heterocycles. The van der Waals surface area contributed by atoms with E-state index >= 15 is 0 Å². The average Bonchev–Trinajstić information content (AvgIpc) is 2.48. The van der Waals surface area contributed by atoms with Crippen LogP contribution in [0.4, 0.5) is 14.5 Å². The van der Waals surface area contributed by atoms with Gasteiger partial charge in [0.25, 0.3) is 0 Å². The van der Waals surface area contributed by atoms with Gasteiger partial charge >= 0.3 is 35.6 Å². The van der Waals surface area contributed by atoms with Crippen LogP contribution in [0.3, 0.4) is 0 Å². The molecule has 0 aromatic heterocycles. The molecule has 0 atom stereocenters. The fourth-order valence-electron chi connectivity index (χ4n) is 2.02. The van der Waals surface area contributed by atoms with E-state index in [1.165, 1.54) is 12.3 Å². The Morgan fingerprint density at radius 3 is 2.04 bits per heavy atom. The van der Waals surface area contributed by atoms with E-state index in [0.29, 0.717) is 5.56 Å². The average molecular weight is 408 g/mol. The molecule has 0 heterocycles. The number of phenols is 1. The van der Waals surface area contributed by atoms with E-state index in [9.17, 15) is 13.9 Å². The van der Waals surface area contributed by atoms with Crippen molar-refractivity contribution < 1.29 is 30.9 Å². The molecule has 0 radical (unpaired) electrons. The molecule has 0 saturated heterocycles. The summed E-state index contributed by atoms with van der Waals surface area (Å²) in [5, 5.41) is 10.3. The van der Waals surface area contributed by atoms with E-state index in [-0.39, 0.29) is 16.9 Å². The van der Waals surface area contributed by atoms with E-state index in [0.717, 1.165) is 17.7 Å². The van der Waals surface area contributed by atoms with Gasteiger partial charge in [-0.05, 0) is 29.2 Å². The number of aliphatic imine (C=N–C) groups is 1. The van der Waals surface area contributed by atoms with Crippen LogP contribution in [0.25, 0.3) is 0 Å². The molecule has 0 spiro atoms. The predicted octanol–water partition coefficient (Wildman–Crippen LogP) is 6.10. The van der Waals surface area contributed by atoms with Crippen molar-refractivity contribution in [2.24, 2.45) is 4.99 Å². The number of halogens is 4. The Labute approximate surface area is 157 Å². The molecular formula is C17H17Cl2F2NOTi. The Kier molecular flexibility index (Phi) is 8.37. The summed E-state index contributed by atoms with van der Waals surface area (Å²) in [6.45, 7) is 5.92. The first kappa shape index (κ1) is 21.1. The molecule has 0 fully saturated rings. The second-order valence-electron chi connectivity index (χ2n) is 5.89. The summed E-state index contributed by atoms with van der Waals surface area (Å²) in [5.74, 6) is -1.40. The third kappa shape index (κ3) is 5.85. The third-order valence-corrected chi connectivity index (χ3v) is 3.15. The van der Waals surface area contributed by atoms with Crippen molar-refractivity contribution in [3.8, 4) is 5.75 Å². The number of rotatable bonds is 2. The van der Waals surface area contributed by atoms with Gasteiger partial charge in [-0.2, -0.15) is 0 Å². The number of hydrogen-bond donors (Lipinski definition) is 1. The van der Waals surface area contributed by atoms with Gasteiger partial charge in [0.05, 0.1) is 0 Å². The second-order valence-corrected chi connectivity index (χ2v) is 8.47. The van der Waals surface area contributed by atoms with Crippen LogP contribution in [0.5, 0.6) is 5.75 Å². The normalized spacial score (nSPS) is 11.1. The van der Waals surface area contributed by atoms with Crippen molar-refractivity contribution in [1.82, 2.24) is 0 Å². The summed E-state index contributed by atoms with van der Waals surface area (Å²) >= 11 is -0.556. The van der Waals surface area contributed by atoms with Crippen molar-refractivity contribution >= 4 is 30.5 Å². The fourth-order valence-corrected chi connectivity index (χ4v) is 2.02. The van der Waals surface area contributed by atoms with Gasteiger partial charge in [0.2, 0.25) is 0 Å². The van der Waals surface area contributed by atoms with E-state index in [1.54, 1.807) is 12.1 Å². The van der Waals surface area contributed by atoms with Crippen molar-refractivity contribution in [2.75, 3.05) is 0 Å². The van der Waals surface area contributed by atoms with Gasteiger partial charge in [-0.15, -0.1) is 0 Å². The van der Waals surface area contributed by atoms with Crippen LogP contribution < -0.4 is 0 Å². The summed E-state index contributed by atoms with van der Waals surface area (Å²) in [6, 6.07) is 8.80. The van der Waals surface area contributed by atoms with Gasteiger partial charge in [0, 0.05) is 11.8 Å². The van der Waals surface area contributed by atoms with Crippen LogP contribution in [0, 0.1) is 11.6 Å². The van der Waals surface area contributed by atoms with Gasteiger partial charge < -0.3 is 5.11 Å². The standard InChI is InChI=1S/C17H17F2NO.2ClH.Ti/c1-17(2,3)12-7-4-6-11(16(12)21)10-20-15-13(18)8-5-9-14(15)19;;;/h4-10,21H,1-3H3;2*1H;/q;;;+2/p-2. The quantitative estimate of drug-likeness (QED) is 0.473. The summed E-state index contributed by atoms with van der Waals surface area (Å²) < 4.78 is 27.0. The molecule has 2 rings (SSSR count). The molecule has 0 aliphatic carbocycles. The molecule has 0 bridgehead atoms. The molecular weight excluding hydrogens is 391 g/mol. The molecule has 0 aliphatic rings. The summed E-state index contributed by atoms with van der Waals surface area (Å²) in [4.78, 5) is 3.82. The van der Waals surface area contributed by atoms with Crippen LogP contribution >= 0.6 is 18.6 Å². The van der Waals surface area contributed by atoms with Gasteiger partial charge in [-0.25, -0.2) is 13.8 Å². The zero-order valence-corrected chi connectivity index (χ0v) is 16.5. The molecule has 2 nitrogen and oxygen atoms in total. The Morgan fingerprint density at radius 2 is 1.54 bits per heavy atom.